The summed E-state index contributed by atoms with van der Waals surface area (Å²) < 4.78 is 14.9. The van der Waals surface area contributed by atoms with Gasteiger partial charge in [0.05, 0.1) is 12.2 Å². The number of nitrogens with one attached hydrogen (secondary N) is 1. The third-order valence-electron chi connectivity index (χ3n) is 2.49. The molecule has 1 unspecified atom stereocenters. The van der Waals surface area contributed by atoms with Crippen LogP contribution in [0, 0.1) is 5.82 Å². The first-order valence-corrected chi connectivity index (χ1v) is 5.39. The Balaban J connectivity index is 2.45. The topological polar surface area (TPSA) is 55.9 Å². The van der Waals surface area contributed by atoms with Gasteiger partial charge in [-0.2, -0.15) is 5.10 Å². The Bertz CT molecular complexity index is 526. The first kappa shape index (κ1) is 12.0. The number of hydrogen-bond acceptors (Lipinski definition) is 3. The molecule has 0 fully saturated rings. The van der Waals surface area contributed by atoms with Gasteiger partial charge >= 0.3 is 0 Å². The van der Waals surface area contributed by atoms with Crippen LogP contribution in [0.5, 0.6) is 0 Å². The van der Waals surface area contributed by atoms with Crippen molar-refractivity contribution >= 4 is 11.6 Å². The predicted octanol–water partition coefficient (Wildman–Crippen LogP) is 1.77. The fraction of sp³-hybridized carbons (Fsp3) is 0.182. The molecule has 2 aromatic rings. The summed E-state index contributed by atoms with van der Waals surface area (Å²) in [5.74, 6) is 5.14. The molecule has 0 bridgehead atoms. The number of aromatic nitrogens is 2. The van der Waals surface area contributed by atoms with Gasteiger partial charge in [-0.25, -0.2) is 9.82 Å². The van der Waals surface area contributed by atoms with Gasteiger partial charge in [0.1, 0.15) is 5.82 Å². The van der Waals surface area contributed by atoms with Crippen LogP contribution in [0.25, 0.3) is 0 Å². The molecule has 1 heterocycles. The number of hydrazine groups is 1. The molecular weight excluding hydrogens is 243 g/mol. The fourth-order valence-electron chi connectivity index (χ4n) is 1.69. The van der Waals surface area contributed by atoms with Crippen LogP contribution >= 0.6 is 11.6 Å². The quantitative estimate of drug-likeness (QED) is 0.648. The van der Waals surface area contributed by atoms with Gasteiger partial charge in [0.25, 0.3) is 0 Å². The number of halogens is 2. The molecule has 6 heteroatoms. The van der Waals surface area contributed by atoms with Crippen molar-refractivity contribution in [2.24, 2.45) is 12.9 Å². The third kappa shape index (κ3) is 2.46. The minimum Gasteiger partial charge on any atom is -0.275 e. The van der Waals surface area contributed by atoms with Crippen molar-refractivity contribution in [1.82, 2.24) is 15.2 Å². The monoisotopic (exact) mass is 254 g/mol. The zero-order valence-corrected chi connectivity index (χ0v) is 9.95. The summed E-state index contributed by atoms with van der Waals surface area (Å²) >= 11 is 6.04. The number of nitrogens with two attached hydrogens (primary N) is 1. The third-order valence-corrected chi connectivity index (χ3v) is 2.84. The molecule has 0 spiro atoms. The number of benzene rings is 1. The largest absolute Gasteiger partial charge is 0.275 e. The van der Waals surface area contributed by atoms with E-state index >= 15 is 0 Å². The maximum absolute atomic E-state index is 13.2. The molecule has 17 heavy (non-hydrogen) atoms. The van der Waals surface area contributed by atoms with Crippen molar-refractivity contribution in [2.45, 2.75) is 6.04 Å². The smallest absolute Gasteiger partial charge is 0.123 e. The van der Waals surface area contributed by atoms with E-state index < -0.39 is 0 Å². The molecule has 0 saturated carbocycles. The van der Waals surface area contributed by atoms with Crippen LogP contribution in [0.4, 0.5) is 4.39 Å². The molecule has 4 nitrogen and oxygen atoms in total. The molecule has 0 aliphatic heterocycles. The highest BCUT2D eigenvalue weighted by atomic mass is 35.5. The summed E-state index contributed by atoms with van der Waals surface area (Å²) in [6.45, 7) is 0. The second-order valence-corrected chi connectivity index (χ2v) is 4.12. The second-order valence-electron chi connectivity index (χ2n) is 3.71. The molecule has 1 aromatic heterocycles. The molecule has 2 rings (SSSR count). The molecule has 0 saturated heterocycles. The summed E-state index contributed by atoms with van der Waals surface area (Å²) in [7, 11) is 1.80. The van der Waals surface area contributed by atoms with Crippen LogP contribution in [0.15, 0.2) is 30.6 Å². The molecule has 90 valence electrons. The summed E-state index contributed by atoms with van der Waals surface area (Å²) in [4.78, 5) is 0. The average Bonchev–Trinajstić information content (AvgIpc) is 2.71. The van der Waals surface area contributed by atoms with Crippen molar-refractivity contribution in [3.63, 3.8) is 0 Å². The first-order chi connectivity index (χ1) is 8.11. The molecule has 0 radical (unpaired) electrons. The number of nitrogens with zero attached hydrogens (tertiary/aromatic N) is 2. The maximum Gasteiger partial charge on any atom is 0.123 e. The Kier molecular flexibility index (Phi) is 3.42. The van der Waals surface area contributed by atoms with Crippen molar-refractivity contribution in [2.75, 3.05) is 0 Å². The lowest BCUT2D eigenvalue weighted by Crippen LogP contribution is -2.28. The summed E-state index contributed by atoms with van der Waals surface area (Å²) in [5, 5.41) is 4.50. The van der Waals surface area contributed by atoms with Gasteiger partial charge < -0.3 is 0 Å². The second kappa shape index (κ2) is 4.83. The lowest BCUT2D eigenvalue weighted by Gasteiger charge is -2.16. The van der Waals surface area contributed by atoms with Gasteiger partial charge in [-0.3, -0.25) is 10.5 Å². The van der Waals surface area contributed by atoms with E-state index in [9.17, 15) is 4.39 Å². The summed E-state index contributed by atoms with van der Waals surface area (Å²) in [5.41, 5.74) is 4.02. The Morgan fingerprint density at radius 3 is 2.88 bits per heavy atom. The van der Waals surface area contributed by atoms with Crippen molar-refractivity contribution < 1.29 is 4.39 Å². The van der Waals surface area contributed by atoms with Crippen LogP contribution in [0.2, 0.25) is 5.02 Å². The van der Waals surface area contributed by atoms with Gasteiger partial charge in [0, 0.05) is 23.8 Å². The molecular formula is C11H12ClFN4. The number of aryl methyl sites for hydroxylation is 1. The van der Waals surface area contributed by atoms with Crippen LogP contribution in [0.1, 0.15) is 17.2 Å². The van der Waals surface area contributed by atoms with Crippen molar-refractivity contribution in [3.8, 4) is 0 Å². The summed E-state index contributed by atoms with van der Waals surface area (Å²) in [6, 6.07) is 3.79. The van der Waals surface area contributed by atoms with E-state index in [0.29, 0.717) is 10.6 Å². The summed E-state index contributed by atoms with van der Waals surface area (Å²) in [6.07, 6.45) is 3.46. The lowest BCUT2D eigenvalue weighted by atomic mass is 10.0. The van der Waals surface area contributed by atoms with E-state index in [-0.39, 0.29) is 11.9 Å². The highest BCUT2D eigenvalue weighted by molar-refractivity contribution is 6.31. The standard InChI is InChI=1S/C11H12ClFN4/c1-17-6-7(5-15-17)11(16-14)9-4-8(13)2-3-10(9)12/h2-6,11,16H,14H2,1H3. The minimum absolute atomic E-state index is 0.353. The zero-order valence-electron chi connectivity index (χ0n) is 9.19. The Morgan fingerprint density at radius 1 is 1.53 bits per heavy atom. The van der Waals surface area contributed by atoms with E-state index in [1.807, 2.05) is 0 Å². The van der Waals surface area contributed by atoms with Gasteiger partial charge in [-0.05, 0) is 23.8 Å². The van der Waals surface area contributed by atoms with Gasteiger partial charge in [-0.1, -0.05) is 11.6 Å². The molecule has 3 N–H and O–H groups in total. The van der Waals surface area contributed by atoms with E-state index in [1.54, 1.807) is 24.1 Å². The van der Waals surface area contributed by atoms with Crippen LogP contribution in [-0.2, 0) is 7.05 Å². The number of rotatable bonds is 3. The van der Waals surface area contributed by atoms with E-state index in [0.717, 1.165) is 5.56 Å². The SMILES string of the molecule is Cn1cc(C(NN)c2cc(F)ccc2Cl)cn1. The van der Waals surface area contributed by atoms with Crippen LogP contribution in [0.3, 0.4) is 0 Å². The molecule has 1 atom stereocenters. The van der Waals surface area contributed by atoms with E-state index in [1.165, 1.54) is 18.2 Å². The first-order valence-electron chi connectivity index (χ1n) is 5.01. The Morgan fingerprint density at radius 2 is 2.29 bits per heavy atom. The Labute approximate surface area is 103 Å². The van der Waals surface area contributed by atoms with Crippen LogP contribution < -0.4 is 11.3 Å². The molecule has 0 aliphatic carbocycles. The molecule has 1 aromatic carbocycles. The van der Waals surface area contributed by atoms with E-state index in [2.05, 4.69) is 10.5 Å². The lowest BCUT2D eigenvalue weighted by molar-refractivity contribution is 0.605. The fourth-order valence-corrected chi connectivity index (χ4v) is 1.92. The van der Waals surface area contributed by atoms with Gasteiger partial charge in [-0.15, -0.1) is 0 Å². The predicted molar refractivity (Wildman–Crippen MR) is 63.8 cm³/mol. The number of hydrogen-bond donors (Lipinski definition) is 2. The van der Waals surface area contributed by atoms with Crippen molar-refractivity contribution in [3.05, 3.63) is 52.6 Å². The van der Waals surface area contributed by atoms with E-state index in [4.69, 9.17) is 17.4 Å². The highest BCUT2D eigenvalue weighted by Gasteiger charge is 2.17. The van der Waals surface area contributed by atoms with Crippen LogP contribution in [-0.4, -0.2) is 9.78 Å². The average molecular weight is 255 g/mol. The van der Waals surface area contributed by atoms with Gasteiger partial charge in [0.15, 0.2) is 0 Å². The highest BCUT2D eigenvalue weighted by Crippen LogP contribution is 2.28. The maximum atomic E-state index is 13.2. The molecule has 0 aliphatic rings. The minimum atomic E-state index is -0.383. The molecule has 0 amide bonds. The van der Waals surface area contributed by atoms with Gasteiger partial charge in [0.2, 0.25) is 0 Å². The van der Waals surface area contributed by atoms with Crippen molar-refractivity contribution in [1.29, 1.82) is 0 Å². The zero-order chi connectivity index (χ0) is 12.4. The Hall–Kier alpha value is -1.43. The normalized spacial score (nSPS) is 12.7.